The number of carbonyl (C=O) groups excluding carboxylic acids is 1. The molecule has 0 radical (unpaired) electrons. The zero-order valence-corrected chi connectivity index (χ0v) is 15.7. The van der Waals surface area contributed by atoms with Crippen molar-refractivity contribution in [2.75, 3.05) is 51.1 Å². The molecule has 1 aromatic carbocycles. The minimum atomic E-state index is -3.74. The Morgan fingerprint density at radius 3 is 2.40 bits per heavy atom. The standard InChI is InChI=1S/C16H24N2O6S/c1-12(16(19)17-7-9-24-10-8-17)18(25(4,20)21)14-11-13(22-2)5-6-15(14)23-3/h5-6,11-12H,7-10H2,1-4H3/t12-/m1/s1. The predicted octanol–water partition coefficient (Wildman–Crippen LogP) is 0.717. The van der Waals surface area contributed by atoms with Gasteiger partial charge in [-0.25, -0.2) is 8.42 Å². The van der Waals surface area contributed by atoms with E-state index in [9.17, 15) is 13.2 Å². The smallest absolute Gasteiger partial charge is 0.246 e. The van der Waals surface area contributed by atoms with E-state index >= 15 is 0 Å². The van der Waals surface area contributed by atoms with Crippen molar-refractivity contribution in [2.45, 2.75) is 13.0 Å². The fourth-order valence-electron chi connectivity index (χ4n) is 2.79. The fourth-order valence-corrected chi connectivity index (χ4v) is 3.96. The van der Waals surface area contributed by atoms with E-state index in [1.807, 2.05) is 0 Å². The van der Waals surface area contributed by atoms with Crippen LogP contribution in [0.25, 0.3) is 0 Å². The van der Waals surface area contributed by atoms with Crippen LogP contribution in [0.5, 0.6) is 11.5 Å². The van der Waals surface area contributed by atoms with Crippen LogP contribution in [0.2, 0.25) is 0 Å². The van der Waals surface area contributed by atoms with Gasteiger partial charge in [-0.05, 0) is 19.1 Å². The van der Waals surface area contributed by atoms with Crippen LogP contribution in [0, 0.1) is 0 Å². The van der Waals surface area contributed by atoms with Crippen LogP contribution in [0.4, 0.5) is 5.69 Å². The number of methoxy groups -OCH3 is 2. The van der Waals surface area contributed by atoms with Gasteiger partial charge >= 0.3 is 0 Å². The molecule has 0 N–H and O–H groups in total. The van der Waals surface area contributed by atoms with Crippen LogP contribution in [-0.4, -0.2) is 72.0 Å². The number of sulfonamides is 1. The molecular weight excluding hydrogens is 348 g/mol. The Bertz CT molecular complexity index is 715. The Hall–Kier alpha value is -2.00. The second-order valence-corrected chi connectivity index (χ2v) is 7.57. The van der Waals surface area contributed by atoms with Gasteiger partial charge in [-0.2, -0.15) is 0 Å². The molecule has 0 spiro atoms. The summed E-state index contributed by atoms with van der Waals surface area (Å²) in [5.74, 6) is 0.530. The van der Waals surface area contributed by atoms with Crippen molar-refractivity contribution < 1.29 is 27.4 Å². The average molecular weight is 372 g/mol. The van der Waals surface area contributed by atoms with E-state index < -0.39 is 16.1 Å². The SMILES string of the molecule is COc1ccc(OC)c(N([C@H](C)C(=O)N2CCOCC2)S(C)(=O)=O)c1. The third-order valence-electron chi connectivity index (χ3n) is 4.01. The van der Waals surface area contributed by atoms with Gasteiger partial charge < -0.3 is 19.1 Å². The molecule has 1 fully saturated rings. The number of amides is 1. The molecule has 0 saturated carbocycles. The van der Waals surface area contributed by atoms with Gasteiger partial charge in [-0.1, -0.05) is 0 Å². The highest BCUT2D eigenvalue weighted by Gasteiger charge is 2.34. The fraction of sp³-hybridized carbons (Fsp3) is 0.562. The van der Waals surface area contributed by atoms with Crippen molar-refractivity contribution in [1.82, 2.24) is 4.90 Å². The first-order valence-corrected chi connectivity index (χ1v) is 9.72. The van der Waals surface area contributed by atoms with Gasteiger partial charge in [-0.15, -0.1) is 0 Å². The molecule has 2 rings (SSSR count). The molecule has 140 valence electrons. The number of anilines is 1. The summed E-state index contributed by atoms with van der Waals surface area (Å²) in [4.78, 5) is 14.4. The summed E-state index contributed by atoms with van der Waals surface area (Å²) < 4.78 is 41.7. The second-order valence-electron chi connectivity index (χ2n) is 5.71. The molecule has 1 amide bonds. The quantitative estimate of drug-likeness (QED) is 0.731. The van der Waals surface area contributed by atoms with Gasteiger partial charge in [0.1, 0.15) is 17.5 Å². The molecule has 1 aliphatic rings. The summed E-state index contributed by atoms with van der Waals surface area (Å²) in [5.41, 5.74) is 0.262. The lowest BCUT2D eigenvalue weighted by molar-refractivity contribution is -0.136. The third kappa shape index (κ3) is 4.35. The summed E-state index contributed by atoms with van der Waals surface area (Å²) >= 11 is 0. The second kappa shape index (κ2) is 7.92. The first-order chi connectivity index (χ1) is 11.8. The summed E-state index contributed by atoms with van der Waals surface area (Å²) in [6.45, 7) is 3.34. The molecular formula is C16H24N2O6S. The minimum Gasteiger partial charge on any atom is -0.497 e. The number of rotatable bonds is 6. The van der Waals surface area contributed by atoms with E-state index in [2.05, 4.69) is 0 Å². The summed E-state index contributed by atoms with van der Waals surface area (Å²) in [5, 5.41) is 0. The van der Waals surface area contributed by atoms with E-state index in [1.54, 1.807) is 30.0 Å². The Balaban J connectivity index is 2.44. The van der Waals surface area contributed by atoms with Crippen molar-refractivity contribution in [2.24, 2.45) is 0 Å². The molecule has 0 unspecified atom stereocenters. The Kier molecular flexibility index (Phi) is 6.12. The highest BCUT2D eigenvalue weighted by Crippen LogP contribution is 2.35. The molecule has 1 aromatic rings. The lowest BCUT2D eigenvalue weighted by Crippen LogP contribution is -2.52. The van der Waals surface area contributed by atoms with Crippen LogP contribution in [0.3, 0.4) is 0 Å². The Morgan fingerprint density at radius 1 is 1.24 bits per heavy atom. The van der Waals surface area contributed by atoms with E-state index in [0.29, 0.717) is 37.8 Å². The van der Waals surface area contributed by atoms with Gasteiger partial charge in [0.05, 0.1) is 39.4 Å². The van der Waals surface area contributed by atoms with E-state index in [4.69, 9.17) is 14.2 Å². The molecule has 1 saturated heterocycles. The summed E-state index contributed by atoms with van der Waals surface area (Å²) in [6, 6.07) is 3.90. The van der Waals surface area contributed by atoms with Crippen molar-refractivity contribution in [3.05, 3.63) is 18.2 Å². The maximum absolute atomic E-state index is 12.8. The monoisotopic (exact) mass is 372 g/mol. The Labute approximate surface area is 148 Å². The molecule has 9 heteroatoms. The zero-order chi connectivity index (χ0) is 18.6. The van der Waals surface area contributed by atoms with E-state index in [1.165, 1.54) is 14.2 Å². The molecule has 0 aliphatic carbocycles. The summed E-state index contributed by atoms with van der Waals surface area (Å²) in [6.07, 6.45) is 1.06. The molecule has 1 heterocycles. The predicted molar refractivity (Wildman–Crippen MR) is 93.7 cm³/mol. The maximum atomic E-state index is 12.8. The molecule has 25 heavy (non-hydrogen) atoms. The first-order valence-electron chi connectivity index (χ1n) is 7.87. The van der Waals surface area contributed by atoms with Gasteiger partial charge in [0.2, 0.25) is 15.9 Å². The minimum absolute atomic E-state index is 0.262. The number of hydrogen-bond donors (Lipinski definition) is 0. The van der Waals surface area contributed by atoms with Crippen LogP contribution in [0.15, 0.2) is 18.2 Å². The Morgan fingerprint density at radius 2 is 1.88 bits per heavy atom. The highest BCUT2D eigenvalue weighted by atomic mass is 32.2. The zero-order valence-electron chi connectivity index (χ0n) is 14.9. The van der Waals surface area contributed by atoms with Gasteiger partial charge in [0.25, 0.3) is 0 Å². The van der Waals surface area contributed by atoms with Crippen molar-refractivity contribution in [3.8, 4) is 11.5 Å². The van der Waals surface area contributed by atoms with Crippen LogP contribution in [0.1, 0.15) is 6.92 Å². The number of nitrogens with zero attached hydrogens (tertiary/aromatic N) is 2. The topological polar surface area (TPSA) is 85.4 Å². The van der Waals surface area contributed by atoms with Gasteiger partial charge in [0, 0.05) is 19.2 Å². The molecule has 0 aromatic heterocycles. The molecule has 1 atom stereocenters. The van der Waals surface area contributed by atoms with Gasteiger partial charge in [0.15, 0.2) is 0 Å². The average Bonchev–Trinajstić information content (AvgIpc) is 2.60. The van der Waals surface area contributed by atoms with Crippen molar-refractivity contribution in [3.63, 3.8) is 0 Å². The van der Waals surface area contributed by atoms with E-state index in [0.717, 1.165) is 10.6 Å². The molecule has 8 nitrogen and oxygen atoms in total. The third-order valence-corrected chi connectivity index (χ3v) is 5.24. The number of hydrogen-bond acceptors (Lipinski definition) is 6. The lowest BCUT2D eigenvalue weighted by atomic mass is 10.2. The van der Waals surface area contributed by atoms with E-state index in [-0.39, 0.29) is 11.6 Å². The van der Waals surface area contributed by atoms with Crippen LogP contribution < -0.4 is 13.8 Å². The maximum Gasteiger partial charge on any atom is 0.246 e. The molecule has 0 bridgehead atoms. The van der Waals surface area contributed by atoms with Crippen LogP contribution >= 0.6 is 0 Å². The number of benzene rings is 1. The largest absolute Gasteiger partial charge is 0.497 e. The normalized spacial score (nSPS) is 16.2. The lowest BCUT2D eigenvalue weighted by Gasteiger charge is -2.34. The van der Waals surface area contributed by atoms with Crippen molar-refractivity contribution >= 4 is 21.6 Å². The van der Waals surface area contributed by atoms with Crippen molar-refractivity contribution in [1.29, 1.82) is 0 Å². The first kappa shape index (κ1) is 19.3. The number of morpholine rings is 1. The number of ether oxygens (including phenoxy) is 3. The molecule has 1 aliphatic heterocycles. The van der Waals surface area contributed by atoms with Crippen LogP contribution in [-0.2, 0) is 19.6 Å². The number of carbonyl (C=O) groups is 1. The van der Waals surface area contributed by atoms with Gasteiger partial charge in [-0.3, -0.25) is 9.10 Å². The highest BCUT2D eigenvalue weighted by molar-refractivity contribution is 7.92. The summed E-state index contributed by atoms with van der Waals surface area (Å²) in [7, 11) is -0.810.